The van der Waals surface area contributed by atoms with E-state index in [1.807, 2.05) is 0 Å². The van der Waals surface area contributed by atoms with Crippen LogP contribution >= 0.6 is 0 Å². The average Bonchev–Trinajstić information content (AvgIpc) is 2.14. The highest BCUT2D eigenvalue weighted by Gasteiger charge is 2.10. The van der Waals surface area contributed by atoms with E-state index in [2.05, 4.69) is 5.32 Å². The maximum atomic E-state index is 12.7. The fourth-order valence-electron chi connectivity index (χ4n) is 0.963. The summed E-state index contributed by atoms with van der Waals surface area (Å²) in [5.41, 5.74) is -0.130. The van der Waals surface area contributed by atoms with Gasteiger partial charge >= 0.3 is 0 Å². The normalized spacial score (nSPS) is 10.7. The van der Waals surface area contributed by atoms with Crippen LogP contribution in [-0.4, -0.2) is 5.91 Å². The zero-order chi connectivity index (χ0) is 11.4. The SMILES string of the molecule is CC=CC(=O)Nc1cc(F)c(F)c(F)c1. The van der Waals surface area contributed by atoms with Gasteiger partial charge in [-0.2, -0.15) is 0 Å². The fourth-order valence-corrected chi connectivity index (χ4v) is 0.963. The molecule has 0 unspecified atom stereocenters. The van der Waals surface area contributed by atoms with Crippen molar-refractivity contribution in [2.75, 3.05) is 5.32 Å². The maximum Gasteiger partial charge on any atom is 0.248 e. The van der Waals surface area contributed by atoms with Gasteiger partial charge in [0, 0.05) is 17.8 Å². The van der Waals surface area contributed by atoms with Crippen LogP contribution in [0.15, 0.2) is 24.3 Å². The van der Waals surface area contributed by atoms with E-state index in [1.165, 1.54) is 12.2 Å². The van der Waals surface area contributed by atoms with Gasteiger partial charge in [0.1, 0.15) is 0 Å². The molecule has 2 nitrogen and oxygen atoms in total. The van der Waals surface area contributed by atoms with Crippen molar-refractivity contribution >= 4 is 11.6 Å². The molecule has 0 saturated carbocycles. The van der Waals surface area contributed by atoms with Crippen molar-refractivity contribution in [1.29, 1.82) is 0 Å². The predicted octanol–water partition coefficient (Wildman–Crippen LogP) is 2.62. The van der Waals surface area contributed by atoms with Gasteiger partial charge in [-0.3, -0.25) is 4.79 Å². The molecule has 0 heterocycles. The van der Waals surface area contributed by atoms with E-state index in [0.717, 1.165) is 0 Å². The van der Waals surface area contributed by atoms with Crippen LogP contribution in [0.5, 0.6) is 0 Å². The van der Waals surface area contributed by atoms with Crippen LogP contribution in [0.3, 0.4) is 0 Å². The lowest BCUT2D eigenvalue weighted by Crippen LogP contribution is -2.08. The molecule has 80 valence electrons. The number of allylic oxidation sites excluding steroid dienone is 1. The molecule has 0 spiro atoms. The van der Waals surface area contributed by atoms with Crippen LogP contribution in [0.2, 0.25) is 0 Å². The smallest absolute Gasteiger partial charge is 0.248 e. The first-order chi connectivity index (χ1) is 7.04. The number of anilines is 1. The van der Waals surface area contributed by atoms with E-state index in [-0.39, 0.29) is 5.69 Å². The Morgan fingerprint density at radius 2 is 1.80 bits per heavy atom. The molecule has 0 saturated heterocycles. The van der Waals surface area contributed by atoms with Crippen molar-refractivity contribution in [3.05, 3.63) is 41.7 Å². The Morgan fingerprint density at radius 1 is 1.27 bits per heavy atom. The van der Waals surface area contributed by atoms with Crippen molar-refractivity contribution in [3.63, 3.8) is 0 Å². The first kappa shape index (κ1) is 11.3. The van der Waals surface area contributed by atoms with Gasteiger partial charge in [0.25, 0.3) is 0 Å². The zero-order valence-electron chi connectivity index (χ0n) is 7.85. The first-order valence-corrected chi connectivity index (χ1v) is 4.13. The lowest BCUT2D eigenvalue weighted by Gasteiger charge is -2.03. The molecule has 15 heavy (non-hydrogen) atoms. The predicted molar refractivity (Wildman–Crippen MR) is 49.8 cm³/mol. The molecule has 1 rings (SSSR count). The monoisotopic (exact) mass is 215 g/mol. The summed E-state index contributed by atoms with van der Waals surface area (Å²) in [6, 6.07) is 1.42. The number of benzene rings is 1. The standard InChI is InChI=1S/C10H8F3NO/c1-2-3-9(15)14-6-4-7(11)10(13)8(12)5-6/h2-5H,1H3,(H,14,15). The summed E-state index contributed by atoms with van der Waals surface area (Å²) in [6.45, 7) is 1.62. The Hall–Kier alpha value is -1.78. The first-order valence-electron chi connectivity index (χ1n) is 4.13. The number of hydrogen-bond donors (Lipinski definition) is 1. The third-order valence-corrected chi connectivity index (χ3v) is 1.57. The van der Waals surface area contributed by atoms with Gasteiger partial charge in [-0.15, -0.1) is 0 Å². The van der Waals surface area contributed by atoms with Crippen molar-refractivity contribution in [3.8, 4) is 0 Å². The molecular weight excluding hydrogens is 207 g/mol. The molecule has 5 heteroatoms. The van der Waals surface area contributed by atoms with Crippen molar-refractivity contribution in [2.24, 2.45) is 0 Å². The quantitative estimate of drug-likeness (QED) is 0.596. The highest BCUT2D eigenvalue weighted by atomic mass is 19.2. The van der Waals surface area contributed by atoms with E-state index in [4.69, 9.17) is 0 Å². The topological polar surface area (TPSA) is 29.1 Å². The fraction of sp³-hybridized carbons (Fsp3) is 0.100. The Morgan fingerprint density at radius 3 is 2.27 bits per heavy atom. The van der Waals surface area contributed by atoms with Gasteiger partial charge in [-0.25, -0.2) is 13.2 Å². The number of halogens is 3. The number of carbonyl (C=O) groups is 1. The van der Waals surface area contributed by atoms with E-state index in [0.29, 0.717) is 12.1 Å². The van der Waals surface area contributed by atoms with E-state index < -0.39 is 23.4 Å². The minimum atomic E-state index is -1.56. The van der Waals surface area contributed by atoms with Crippen LogP contribution in [-0.2, 0) is 4.79 Å². The van der Waals surface area contributed by atoms with E-state index in [9.17, 15) is 18.0 Å². The number of carbonyl (C=O) groups excluding carboxylic acids is 1. The Bertz CT molecular complexity index is 392. The number of amides is 1. The average molecular weight is 215 g/mol. The third-order valence-electron chi connectivity index (χ3n) is 1.57. The summed E-state index contributed by atoms with van der Waals surface area (Å²) in [5, 5.41) is 2.18. The van der Waals surface area contributed by atoms with Crippen LogP contribution < -0.4 is 5.32 Å². The molecule has 0 radical (unpaired) electrons. The van der Waals surface area contributed by atoms with Crippen LogP contribution in [0.25, 0.3) is 0 Å². The summed E-state index contributed by atoms with van der Waals surface area (Å²) in [6.07, 6.45) is 2.64. The lowest BCUT2D eigenvalue weighted by molar-refractivity contribution is -0.111. The Labute approximate surface area is 84.4 Å². The summed E-state index contributed by atoms with van der Waals surface area (Å²) >= 11 is 0. The zero-order valence-corrected chi connectivity index (χ0v) is 7.85. The van der Waals surface area contributed by atoms with Crippen molar-refractivity contribution < 1.29 is 18.0 Å². The third kappa shape index (κ3) is 2.83. The molecule has 0 aliphatic rings. The number of rotatable bonds is 2. The summed E-state index contributed by atoms with van der Waals surface area (Å²) in [5.74, 6) is -4.78. The Kier molecular flexibility index (Phi) is 3.49. The van der Waals surface area contributed by atoms with Gasteiger partial charge in [-0.05, 0) is 13.0 Å². The van der Waals surface area contributed by atoms with Gasteiger partial charge in [0.05, 0.1) is 0 Å². The van der Waals surface area contributed by atoms with E-state index >= 15 is 0 Å². The molecule has 0 fully saturated rings. The molecule has 1 N–H and O–H groups in total. The highest BCUT2D eigenvalue weighted by Crippen LogP contribution is 2.17. The summed E-state index contributed by atoms with van der Waals surface area (Å²) < 4.78 is 37.9. The largest absolute Gasteiger partial charge is 0.322 e. The van der Waals surface area contributed by atoms with Gasteiger partial charge in [0.15, 0.2) is 17.5 Å². The molecule has 1 amide bonds. The van der Waals surface area contributed by atoms with Crippen molar-refractivity contribution in [1.82, 2.24) is 0 Å². The van der Waals surface area contributed by atoms with Gasteiger partial charge in [0.2, 0.25) is 5.91 Å². The number of hydrogen-bond acceptors (Lipinski definition) is 1. The second-order valence-corrected chi connectivity index (χ2v) is 2.74. The Balaban J connectivity index is 2.92. The van der Waals surface area contributed by atoms with Gasteiger partial charge < -0.3 is 5.32 Å². The molecule has 1 aromatic rings. The van der Waals surface area contributed by atoms with Crippen LogP contribution in [0, 0.1) is 17.5 Å². The molecular formula is C10H8F3NO. The molecule has 1 aromatic carbocycles. The van der Waals surface area contributed by atoms with Crippen molar-refractivity contribution in [2.45, 2.75) is 6.92 Å². The summed E-state index contributed by atoms with van der Waals surface area (Å²) in [4.78, 5) is 11.0. The highest BCUT2D eigenvalue weighted by molar-refractivity contribution is 5.99. The minimum absolute atomic E-state index is 0.130. The molecule has 0 aliphatic heterocycles. The lowest BCUT2D eigenvalue weighted by atomic mass is 10.3. The molecule has 0 atom stereocenters. The number of nitrogens with one attached hydrogen (secondary N) is 1. The van der Waals surface area contributed by atoms with Gasteiger partial charge in [-0.1, -0.05) is 6.08 Å². The molecule has 0 aromatic heterocycles. The minimum Gasteiger partial charge on any atom is -0.322 e. The van der Waals surface area contributed by atoms with E-state index in [1.54, 1.807) is 6.92 Å². The maximum absolute atomic E-state index is 12.7. The summed E-state index contributed by atoms with van der Waals surface area (Å²) in [7, 11) is 0. The van der Waals surface area contributed by atoms with Crippen LogP contribution in [0.1, 0.15) is 6.92 Å². The molecule has 0 aliphatic carbocycles. The molecule has 0 bridgehead atoms. The second kappa shape index (κ2) is 4.63. The second-order valence-electron chi connectivity index (χ2n) is 2.74. The van der Waals surface area contributed by atoms with Crippen LogP contribution in [0.4, 0.5) is 18.9 Å².